The van der Waals surface area contributed by atoms with Gasteiger partial charge in [0.25, 0.3) is 0 Å². The summed E-state index contributed by atoms with van der Waals surface area (Å²) in [7, 11) is 0. The summed E-state index contributed by atoms with van der Waals surface area (Å²) in [6.45, 7) is 1.83. The monoisotopic (exact) mass is 336 g/mol. The molecular weight excluding hydrogens is 324 g/mol. The molecule has 7 heteroatoms. The van der Waals surface area contributed by atoms with Crippen molar-refractivity contribution < 1.29 is 9.59 Å². The fourth-order valence-electron chi connectivity index (χ4n) is 1.18. The van der Waals surface area contributed by atoms with Crippen LogP contribution >= 0.6 is 39.9 Å². The average molecular weight is 337 g/mol. The first kappa shape index (κ1) is 14.5. The summed E-state index contributed by atoms with van der Waals surface area (Å²) in [6, 6.07) is 3.28. The van der Waals surface area contributed by atoms with Crippen LogP contribution in [0.1, 0.15) is 11.8 Å². The van der Waals surface area contributed by atoms with Gasteiger partial charge in [0.1, 0.15) is 6.04 Å². The third-order valence-corrected chi connectivity index (χ3v) is 3.93. The van der Waals surface area contributed by atoms with E-state index >= 15 is 0 Å². The molecule has 0 saturated carbocycles. The van der Waals surface area contributed by atoms with Crippen LogP contribution in [0.25, 0.3) is 0 Å². The molecular formula is C10H13BrN2O2S2. The van der Waals surface area contributed by atoms with E-state index in [1.54, 1.807) is 11.3 Å². The first-order chi connectivity index (χ1) is 8.02. The quantitative estimate of drug-likeness (QED) is 0.715. The van der Waals surface area contributed by atoms with Crippen LogP contribution in [0.15, 0.2) is 15.9 Å². The van der Waals surface area contributed by atoms with Gasteiger partial charge in [0, 0.05) is 17.6 Å². The number of thiophene rings is 1. The van der Waals surface area contributed by atoms with Crippen molar-refractivity contribution in [3.63, 3.8) is 0 Å². The van der Waals surface area contributed by atoms with Crippen LogP contribution in [0, 0.1) is 0 Å². The maximum absolute atomic E-state index is 11.7. The second-order valence-corrected chi connectivity index (χ2v) is 6.27. The fourth-order valence-corrected chi connectivity index (χ4v) is 2.86. The Hall–Kier alpha value is -0.530. The van der Waals surface area contributed by atoms with E-state index in [4.69, 9.17) is 0 Å². The summed E-state index contributed by atoms with van der Waals surface area (Å²) >= 11 is 8.94. The molecule has 0 fully saturated rings. The zero-order valence-electron chi connectivity index (χ0n) is 9.20. The van der Waals surface area contributed by atoms with Gasteiger partial charge in [0.15, 0.2) is 0 Å². The first-order valence-corrected chi connectivity index (χ1v) is 7.17. The van der Waals surface area contributed by atoms with Crippen molar-refractivity contribution in [3.8, 4) is 0 Å². The highest BCUT2D eigenvalue weighted by Gasteiger charge is 2.17. The second-order valence-electron chi connectivity index (χ2n) is 3.36. The van der Waals surface area contributed by atoms with E-state index in [9.17, 15) is 9.59 Å². The number of nitrogens with one attached hydrogen (secondary N) is 2. The van der Waals surface area contributed by atoms with Crippen molar-refractivity contribution >= 4 is 51.7 Å². The molecule has 0 aromatic carbocycles. The van der Waals surface area contributed by atoms with Crippen LogP contribution in [0.2, 0.25) is 0 Å². The zero-order chi connectivity index (χ0) is 12.8. The number of rotatable bonds is 5. The van der Waals surface area contributed by atoms with Crippen LogP contribution in [-0.4, -0.2) is 23.6 Å². The summed E-state index contributed by atoms with van der Waals surface area (Å²) in [6.07, 6.45) is 0. The molecule has 1 aromatic rings. The molecule has 1 unspecified atom stereocenters. The van der Waals surface area contributed by atoms with E-state index in [0.29, 0.717) is 6.54 Å². The number of carbonyl (C=O) groups is 2. The Bertz CT molecular complexity index is 409. The number of amides is 2. The standard InChI is InChI=1S/C10H13BrN2O2S2/c1-6(14)13-8(5-16)10(15)12-4-7-2-3-9(11)17-7/h2-3,8,16H,4-5H2,1H3,(H,12,15)(H,13,14). The molecule has 1 aromatic heterocycles. The topological polar surface area (TPSA) is 58.2 Å². The van der Waals surface area contributed by atoms with Crippen molar-refractivity contribution in [3.05, 3.63) is 20.8 Å². The third kappa shape index (κ3) is 5.10. The molecule has 0 aliphatic heterocycles. The average Bonchev–Trinajstić information content (AvgIpc) is 2.68. The summed E-state index contributed by atoms with van der Waals surface area (Å²) in [5, 5.41) is 5.29. The molecule has 1 rings (SSSR count). The van der Waals surface area contributed by atoms with Crippen molar-refractivity contribution in [2.24, 2.45) is 0 Å². The number of halogens is 1. The Balaban J connectivity index is 2.44. The van der Waals surface area contributed by atoms with Gasteiger partial charge in [-0.1, -0.05) is 0 Å². The van der Waals surface area contributed by atoms with E-state index in [1.165, 1.54) is 6.92 Å². The predicted octanol–water partition coefficient (Wildman–Crippen LogP) is 1.56. The molecule has 2 N–H and O–H groups in total. The first-order valence-electron chi connectivity index (χ1n) is 4.93. The van der Waals surface area contributed by atoms with Crippen LogP contribution < -0.4 is 10.6 Å². The van der Waals surface area contributed by atoms with Crippen LogP contribution in [0.3, 0.4) is 0 Å². The Kier molecular flexibility index (Phi) is 6.01. The fraction of sp³-hybridized carbons (Fsp3) is 0.400. The number of carbonyl (C=O) groups excluding carboxylic acids is 2. The highest BCUT2D eigenvalue weighted by atomic mass is 79.9. The van der Waals surface area contributed by atoms with Gasteiger partial charge < -0.3 is 10.6 Å². The number of thiol groups is 1. The third-order valence-electron chi connectivity index (χ3n) is 1.94. The minimum atomic E-state index is -0.584. The van der Waals surface area contributed by atoms with Crippen molar-refractivity contribution in [1.82, 2.24) is 10.6 Å². The summed E-state index contributed by atoms with van der Waals surface area (Å²) in [5.41, 5.74) is 0. The predicted molar refractivity (Wildman–Crippen MR) is 75.3 cm³/mol. The highest BCUT2D eigenvalue weighted by molar-refractivity contribution is 9.11. The van der Waals surface area contributed by atoms with Crippen molar-refractivity contribution in [1.29, 1.82) is 0 Å². The molecule has 4 nitrogen and oxygen atoms in total. The van der Waals surface area contributed by atoms with Crippen molar-refractivity contribution in [2.75, 3.05) is 5.75 Å². The molecule has 0 radical (unpaired) electrons. The molecule has 0 aliphatic rings. The van der Waals surface area contributed by atoms with Gasteiger partial charge in [-0.2, -0.15) is 12.6 Å². The van der Waals surface area contributed by atoms with E-state index in [1.807, 2.05) is 12.1 Å². The minimum absolute atomic E-state index is 0.222. The zero-order valence-corrected chi connectivity index (χ0v) is 12.5. The molecule has 0 spiro atoms. The largest absolute Gasteiger partial charge is 0.349 e. The highest BCUT2D eigenvalue weighted by Crippen LogP contribution is 2.21. The normalized spacial score (nSPS) is 11.9. The molecule has 0 saturated heterocycles. The van der Waals surface area contributed by atoms with E-state index in [-0.39, 0.29) is 17.6 Å². The molecule has 2 amide bonds. The van der Waals surface area contributed by atoms with Gasteiger partial charge in [-0.25, -0.2) is 0 Å². The van der Waals surface area contributed by atoms with Gasteiger partial charge >= 0.3 is 0 Å². The number of hydrogen-bond acceptors (Lipinski definition) is 4. The molecule has 17 heavy (non-hydrogen) atoms. The lowest BCUT2D eigenvalue weighted by Gasteiger charge is -2.14. The van der Waals surface area contributed by atoms with Crippen LogP contribution in [0.5, 0.6) is 0 Å². The lowest BCUT2D eigenvalue weighted by Crippen LogP contribution is -2.46. The lowest BCUT2D eigenvalue weighted by molar-refractivity contribution is -0.127. The van der Waals surface area contributed by atoms with Gasteiger partial charge in [0.2, 0.25) is 11.8 Å². The molecule has 1 heterocycles. The van der Waals surface area contributed by atoms with Gasteiger partial charge in [0.05, 0.1) is 10.3 Å². The maximum Gasteiger partial charge on any atom is 0.243 e. The smallest absolute Gasteiger partial charge is 0.243 e. The van der Waals surface area contributed by atoms with E-state index in [2.05, 4.69) is 39.2 Å². The maximum atomic E-state index is 11.7. The molecule has 0 bridgehead atoms. The van der Waals surface area contributed by atoms with Crippen LogP contribution in [0.4, 0.5) is 0 Å². The van der Waals surface area contributed by atoms with Crippen molar-refractivity contribution in [2.45, 2.75) is 19.5 Å². The van der Waals surface area contributed by atoms with E-state index in [0.717, 1.165) is 8.66 Å². The minimum Gasteiger partial charge on any atom is -0.349 e. The SMILES string of the molecule is CC(=O)NC(CS)C(=O)NCc1ccc(Br)s1. The lowest BCUT2D eigenvalue weighted by atomic mass is 10.3. The van der Waals surface area contributed by atoms with Gasteiger partial charge in [-0.3, -0.25) is 9.59 Å². The Morgan fingerprint density at radius 1 is 1.53 bits per heavy atom. The van der Waals surface area contributed by atoms with E-state index < -0.39 is 6.04 Å². The summed E-state index contributed by atoms with van der Waals surface area (Å²) < 4.78 is 1.02. The van der Waals surface area contributed by atoms with Gasteiger partial charge in [-0.05, 0) is 28.1 Å². The summed E-state index contributed by atoms with van der Waals surface area (Å²) in [4.78, 5) is 23.6. The Labute approximate surface area is 118 Å². The Morgan fingerprint density at radius 2 is 2.24 bits per heavy atom. The molecule has 94 valence electrons. The summed E-state index contributed by atoms with van der Waals surface area (Å²) in [5.74, 6) is -0.183. The van der Waals surface area contributed by atoms with Gasteiger partial charge in [-0.15, -0.1) is 11.3 Å². The molecule has 1 atom stereocenters. The number of hydrogen-bond donors (Lipinski definition) is 3. The van der Waals surface area contributed by atoms with Crippen LogP contribution in [-0.2, 0) is 16.1 Å². The second kappa shape index (κ2) is 7.03. The molecule has 0 aliphatic carbocycles. The Morgan fingerprint density at radius 3 is 2.71 bits per heavy atom.